The van der Waals surface area contributed by atoms with E-state index >= 15 is 0 Å². The molecule has 2 N–H and O–H groups in total. The predicted octanol–water partition coefficient (Wildman–Crippen LogP) is 2.66. The number of hydrogen-bond acceptors (Lipinski definition) is 7. The molecule has 1 fully saturated rings. The van der Waals surface area contributed by atoms with Crippen molar-refractivity contribution < 1.29 is 28.9 Å². The van der Waals surface area contributed by atoms with Gasteiger partial charge in [-0.1, -0.05) is 0 Å². The largest absolute Gasteiger partial charge is 0.507 e. The quantitative estimate of drug-likeness (QED) is 0.378. The zero-order chi connectivity index (χ0) is 17.9. The van der Waals surface area contributed by atoms with Gasteiger partial charge in [0, 0.05) is 31.3 Å². The molecule has 0 aliphatic carbocycles. The molecule has 0 bridgehead atoms. The number of aliphatic hydroxyl groups is 1. The number of rotatable bonds is 4. The second kappa shape index (κ2) is 6.66. The van der Waals surface area contributed by atoms with Crippen LogP contribution in [0.1, 0.15) is 20.8 Å². The van der Waals surface area contributed by atoms with E-state index in [1.54, 1.807) is 38.3 Å². The molecule has 0 unspecified atom stereocenters. The molecule has 0 aromatic heterocycles. The molecule has 0 saturated carbocycles. The predicted molar refractivity (Wildman–Crippen MR) is 86.3 cm³/mol. The minimum atomic E-state index is -1.35. The molecule has 24 heavy (non-hydrogen) atoms. The number of methoxy groups -OCH3 is 1. The third-order valence-electron chi connectivity index (χ3n) is 3.13. The molecule has 128 valence electrons. The highest BCUT2D eigenvalue weighted by Gasteiger charge is 2.40. The summed E-state index contributed by atoms with van der Waals surface area (Å²) >= 11 is 0. The summed E-state index contributed by atoms with van der Waals surface area (Å²) in [5, 5.41) is 13.1. The van der Waals surface area contributed by atoms with Crippen molar-refractivity contribution in [3.8, 4) is 5.75 Å². The minimum Gasteiger partial charge on any atom is -0.507 e. The Morgan fingerprint density at radius 1 is 1.17 bits per heavy atom. The highest BCUT2D eigenvalue weighted by Crippen LogP contribution is 2.25. The molecule has 0 amide bonds. The first-order chi connectivity index (χ1) is 11.2. The number of nitrogens with one attached hydrogen (secondary N) is 1. The van der Waals surface area contributed by atoms with Gasteiger partial charge < -0.3 is 24.6 Å². The number of ether oxygens (including phenoxy) is 3. The Labute approximate surface area is 139 Å². The van der Waals surface area contributed by atoms with Crippen LogP contribution in [0.15, 0.2) is 47.4 Å². The van der Waals surface area contributed by atoms with Crippen LogP contribution in [0.2, 0.25) is 0 Å². The number of esters is 2. The van der Waals surface area contributed by atoms with E-state index in [0.29, 0.717) is 11.4 Å². The smallest absolute Gasteiger partial charge is 0.352 e. The van der Waals surface area contributed by atoms with Gasteiger partial charge in [-0.2, -0.15) is 0 Å². The lowest BCUT2D eigenvalue weighted by atomic mass is 10.1. The highest BCUT2D eigenvalue weighted by molar-refractivity contribution is 6.16. The number of hydrogen-bond donors (Lipinski definition) is 2. The van der Waals surface area contributed by atoms with E-state index in [1.165, 1.54) is 19.9 Å². The summed E-state index contributed by atoms with van der Waals surface area (Å²) in [5.41, 5.74) is 0.720. The molecule has 1 aliphatic rings. The monoisotopic (exact) mass is 333 g/mol. The number of cyclic esters (lactones) is 2. The zero-order valence-electron chi connectivity index (χ0n) is 13.9. The van der Waals surface area contributed by atoms with Gasteiger partial charge in [-0.05, 0) is 31.2 Å². The average Bonchev–Trinajstić information content (AvgIpc) is 2.45. The van der Waals surface area contributed by atoms with E-state index < -0.39 is 29.1 Å². The lowest BCUT2D eigenvalue weighted by Gasteiger charge is -2.29. The summed E-state index contributed by atoms with van der Waals surface area (Å²) < 4.78 is 14.9. The Hall–Kier alpha value is -2.96. The Morgan fingerprint density at radius 2 is 1.71 bits per heavy atom. The van der Waals surface area contributed by atoms with Crippen LogP contribution in [0.4, 0.5) is 5.69 Å². The van der Waals surface area contributed by atoms with Crippen molar-refractivity contribution in [1.29, 1.82) is 0 Å². The molecule has 1 aromatic carbocycles. The number of benzene rings is 1. The number of carbonyl (C=O) groups is 2. The molecule has 1 aromatic rings. The summed E-state index contributed by atoms with van der Waals surface area (Å²) in [6.07, 6.45) is 1.25. The SMILES string of the molecule is COc1ccc(N/C(C)=C\C(O)=C2C(=O)OC(C)(C)OC2=O)cc1. The van der Waals surface area contributed by atoms with Crippen LogP contribution in [0, 0.1) is 0 Å². The van der Waals surface area contributed by atoms with Crippen LogP contribution >= 0.6 is 0 Å². The first-order valence-corrected chi connectivity index (χ1v) is 7.21. The van der Waals surface area contributed by atoms with Gasteiger partial charge in [-0.15, -0.1) is 0 Å². The van der Waals surface area contributed by atoms with Gasteiger partial charge >= 0.3 is 11.9 Å². The van der Waals surface area contributed by atoms with E-state index in [1.807, 2.05) is 0 Å². The van der Waals surface area contributed by atoms with Crippen molar-refractivity contribution in [3.63, 3.8) is 0 Å². The molecule has 1 saturated heterocycles. The van der Waals surface area contributed by atoms with Crippen LogP contribution < -0.4 is 10.1 Å². The van der Waals surface area contributed by atoms with E-state index in [4.69, 9.17) is 14.2 Å². The summed E-state index contributed by atoms with van der Waals surface area (Å²) in [4.78, 5) is 23.7. The fourth-order valence-electron chi connectivity index (χ4n) is 2.08. The first kappa shape index (κ1) is 17.4. The summed E-state index contributed by atoms with van der Waals surface area (Å²) in [7, 11) is 1.57. The van der Waals surface area contributed by atoms with Gasteiger partial charge in [0.1, 0.15) is 11.5 Å². The Balaban J connectivity index is 2.18. The molecule has 1 heterocycles. The number of allylic oxidation sites excluding steroid dienone is 2. The van der Waals surface area contributed by atoms with Gasteiger partial charge in [-0.3, -0.25) is 0 Å². The number of carbonyl (C=O) groups excluding carboxylic acids is 2. The zero-order valence-corrected chi connectivity index (χ0v) is 13.9. The van der Waals surface area contributed by atoms with Gasteiger partial charge in [-0.25, -0.2) is 9.59 Å². The van der Waals surface area contributed by atoms with Crippen LogP contribution in [0.3, 0.4) is 0 Å². The second-order valence-corrected chi connectivity index (χ2v) is 5.62. The first-order valence-electron chi connectivity index (χ1n) is 7.21. The molecule has 7 heteroatoms. The normalized spacial score (nSPS) is 17.0. The molecule has 0 atom stereocenters. The van der Waals surface area contributed by atoms with Crippen molar-refractivity contribution in [2.75, 3.05) is 12.4 Å². The molecule has 7 nitrogen and oxygen atoms in total. The Morgan fingerprint density at radius 3 is 2.21 bits per heavy atom. The van der Waals surface area contributed by atoms with Crippen molar-refractivity contribution in [1.82, 2.24) is 0 Å². The third-order valence-corrected chi connectivity index (χ3v) is 3.13. The second-order valence-electron chi connectivity index (χ2n) is 5.62. The van der Waals surface area contributed by atoms with Crippen LogP contribution in [-0.2, 0) is 19.1 Å². The van der Waals surface area contributed by atoms with E-state index in [0.717, 1.165) is 5.69 Å². The lowest BCUT2D eigenvalue weighted by molar-refractivity contribution is -0.222. The van der Waals surface area contributed by atoms with E-state index in [-0.39, 0.29) is 0 Å². The van der Waals surface area contributed by atoms with Crippen molar-refractivity contribution in [3.05, 3.63) is 47.4 Å². The minimum absolute atomic E-state index is 0.510. The standard InChI is InChI=1S/C17H19NO6/c1-10(18-11-5-7-12(22-4)8-6-11)9-13(19)14-15(20)23-17(2,3)24-16(14)21/h5-9,18-19H,1-4H3/b10-9-. The fourth-order valence-corrected chi connectivity index (χ4v) is 2.08. The fraction of sp³-hybridized carbons (Fsp3) is 0.294. The van der Waals surface area contributed by atoms with Crippen molar-refractivity contribution >= 4 is 17.6 Å². The maximum atomic E-state index is 11.9. The van der Waals surface area contributed by atoms with Crippen molar-refractivity contribution in [2.24, 2.45) is 0 Å². The van der Waals surface area contributed by atoms with Crippen LogP contribution in [0.5, 0.6) is 5.75 Å². The van der Waals surface area contributed by atoms with Gasteiger partial charge in [0.15, 0.2) is 5.57 Å². The topological polar surface area (TPSA) is 94.1 Å². The van der Waals surface area contributed by atoms with E-state index in [2.05, 4.69) is 5.32 Å². The van der Waals surface area contributed by atoms with Gasteiger partial charge in [0.2, 0.25) is 0 Å². The summed E-state index contributed by atoms with van der Waals surface area (Å²) in [6.45, 7) is 4.54. The maximum absolute atomic E-state index is 11.9. The van der Waals surface area contributed by atoms with E-state index in [9.17, 15) is 14.7 Å². The molecule has 1 aliphatic heterocycles. The number of aliphatic hydroxyl groups excluding tert-OH is 1. The Kier molecular flexibility index (Phi) is 4.82. The van der Waals surface area contributed by atoms with Crippen molar-refractivity contribution in [2.45, 2.75) is 26.6 Å². The third kappa shape index (κ3) is 4.07. The average molecular weight is 333 g/mol. The Bertz CT molecular complexity index is 693. The molecule has 0 radical (unpaired) electrons. The highest BCUT2D eigenvalue weighted by atomic mass is 16.7. The van der Waals surface area contributed by atoms with Gasteiger partial charge in [0.05, 0.1) is 7.11 Å². The van der Waals surface area contributed by atoms with Crippen LogP contribution in [-0.4, -0.2) is 29.9 Å². The molecule has 0 spiro atoms. The maximum Gasteiger partial charge on any atom is 0.352 e. The number of anilines is 1. The molecule has 2 rings (SSSR count). The molecular formula is C17H19NO6. The van der Waals surface area contributed by atoms with Crippen LogP contribution in [0.25, 0.3) is 0 Å². The summed E-state index contributed by atoms with van der Waals surface area (Å²) in [5.74, 6) is -3.02. The lowest BCUT2D eigenvalue weighted by Crippen LogP contribution is -2.42. The van der Waals surface area contributed by atoms with Gasteiger partial charge in [0.25, 0.3) is 5.79 Å². The molecular weight excluding hydrogens is 314 g/mol. The summed E-state index contributed by atoms with van der Waals surface area (Å²) in [6, 6.07) is 7.11.